The molecular weight excluding hydrogens is 444 g/mol. The molecule has 2 aliphatic carbocycles. The quantitative estimate of drug-likeness (QED) is 0.137. The average Bonchev–Trinajstić information content (AvgIpc) is 3.32. The van der Waals surface area contributed by atoms with Gasteiger partial charge in [-0.2, -0.15) is 0 Å². The zero-order chi connectivity index (χ0) is 26.9. The van der Waals surface area contributed by atoms with Gasteiger partial charge in [-0.3, -0.25) is 0 Å². The van der Waals surface area contributed by atoms with Gasteiger partial charge in [0.2, 0.25) is 0 Å². The highest BCUT2D eigenvalue weighted by Crippen LogP contribution is 2.47. The summed E-state index contributed by atoms with van der Waals surface area (Å²) >= 11 is 0. The first-order chi connectivity index (χ1) is 18.2. The van der Waals surface area contributed by atoms with E-state index in [1.54, 1.807) is 16.7 Å². The first-order valence-electron chi connectivity index (χ1n) is 16.9. The van der Waals surface area contributed by atoms with E-state index in [1.807, 2.05) is 13.8 Å². The minimum atomic E-state index is 0.870. The topological polar surface area (TPSA) is 0 Å². The number of hydrogen-bond donors (Lipinski definition) is 0. The van der Waals surface area contributed by atoms with Crippen LogP contribution in [0.25, 0.3) is 0 Å². The summed E-state index contributed by atoms with van der Waals surface area (Å²) in [5.74, 6) is 3.81. The summed E-state index contributed by atoms with van der Waals surface area (Å²) in [5, 5.41) is 0. The molecule has 0 saturated heterocycles. The van der Waals surface area contributed by atoms with Crippen molar-refractivity contribution in [3.63, 3.8) is 0 Å². The lowest BCUT2D eigenvalue weighted by Gasteiger charge is -2.33. The van der Waals surface area contributed by atoms with E-state index in [4.69, 9.17) is 0 Å². The fraction of sp³-hybridized carbons (Fsp3) is 0.784. The molecule has 0 N–H and O–H groups in total. The second-order valence-corrected chi connectivity index (χ2v) is 12.4. The lowest BCUT2D eigenvalue weighted by Crippen LogP contribution is -2.26. The second kappa shape index (κ2) is 19.1. The number of fused-ring (bicyclic) bond motifs is 2. The van der Waals surface area contributed by atoms with E-state index in [9.17, 15) is 0 Å². The molecule has 3 rings (SSSR count). The Morgan fingerprint density at radius 2 is 1.51 bits per heavy atom. The maximum absolute atomic E-state index is 4.55. The first kappa shape index (κ1) is 32.2. The Kier molecular flexibility index (Phi) is 16.6. The zero-order valence-electron chi connectivity index (χ0n) is 25.9. The molecule has 1 saturated carbocycles. The van der Waals surface area contributed by atoms with E-state index in [-0.39, 0.29) is 0 Å². The summed E-state index contributed by atoms with van der Waals surface area (Å²) in [6.07, 6.45) is 27.8. The molecular formula is C37H64. The van der Waals surface area contributed by atoms with Crippen LogP contribution in [-0.2, 0) is 19.3 Å². The van der Waals surface area contributed by atoms with Gasteiger partial charge in [-0.1, -0.05) is 148 Å². The van der Waals surface area contributed by atoms with Crippen molar-refractivity contribution in [2.45, 2.75) is 163 Å². The van der Waals surface area contributed by atoms with Crippen molar-refractivity contribution >= 4 is 0 Å². The predicted octanol–water partition coefficient (Wildman–Crippen LogP) is 12.1. The van der Waals surface area contributed by atoms with Crippen LogP contribution in [0.2, 0.25) is 0 Å². The van der Waals surface area contributed by atoms with Crippen molar-refractivity contribution in [3.8, 4) is 0 Å². The molecule has 0 heterocycles. The number of allylic oxidation sites excluding steroid dienone is 1. The Morgan fingerprint density at radius 3 is 2.22 bits per heavy atom. The van der Waals surface area contributed by atoms with Crippen LogP contribution in [0, 0.1) is 23.7 Å². The molecule has 1 aromatic carbocycles. The van der Waals surface area contributed by atoms with Crippen LogP contribution >= 0.6 is 0 Å². The Morgan fingerprint density at radius 1 is 0.838 bits per heavy atom. The fourth-order valence-corrected chi connectivity index (χ4v) is 7.42. The highest BCUT2D eigenvalue weighted by molar-refractivity contribution is 5.39. The SMILES string of the molecule is C=C(CCc1cccc2c1CC1CCC(CCCCCCCC)C1C2)CC(CCCC)CCCC.CC. The van der Waals surface area contributed by atoms with Crippen LogP contribution in [0.15, 0.2) is 30.4 Å². The van der Waals surface area contributed by atoms with Gasteiger partial charge in [-0.05, 0) is 85.3 Å². The van der Waals surface area contributed by atoms with Crippen molar-refractivity contribution in [3.05, 3.63) is 47.0 Å². The van der Waals surface area contributed by atoms with Crippen LogP contribution in [-0.4, -0.2) is 0 Å². The minimum absolute atomic E-state index is 0.870. The van der Waals surface area contributed by atoms with Crippen LogP contribution in [0.1, 0.15) is 160 Å². The monoisotopic (exact) mass is 509 g/mol. The molecule has 1 fully saturated rings. The molecule has 212 valence electrons. The largest absolute Gasteiger partial charge is 0.0998 e. The standard InChI is InChI=1S/C35H58.C2H6/c1-5-8-11-12-13-14-18-30-23-24-33-27-34-31(19-15-20-32(34)26-35(30)33)22-21-28(4)25-29(16-9-6-2)17-10-7-3;1-2/h15,19-20,29-30,33,35H,4-14,16-18,21-27H2,1-3H3;1-2H3. The van der Waals surface area contributed by atoms with Gasteiger partial charge >= 0.3 is 0 Å². The maximum atomic E-state index is 4.55. The number of unbranched alkanes of at least 4 members (excludes halogenated alkanes) is 7. The molecule has 0 aliphatic heterocycles. The predicted molar refractivity (Wildman–Crippen MR) is 168 cm³/mol. The lowest BCUT2D eigenvalue weighted by molar-refractivity contribution is 0.273. The Balaban J connectivity index is 0.00000235. The van der Waals surface area contributed by atoms with Crippen molar-refractivity contribution in [2.24, 2.45) is 23.7 Å². The van der Waals surface area contributed by atoms with Gasteiger partial charge in [-0.15, -0.1) is 0 Å². The summed E-state index contributed by atoms with van der Waals surface area (Å²) in [7, 11) is 0. The van der Waals surface area contributed by atoms with Crippen molar-refractivity contribution in [1.29, 1.82) is 0 Å². The molecule has 0 heteroatoms. The van der Waals surface area contributed by atoms with E-state index in [2.05, 4.69) is 45.5 Å². The number of benzene rings is 1. The molecule has 0 spiro atoms. The molecule has 1 aromatic rings. The zero-order valence-corrected chi connectivity index (χ0v) is 25.9. The van der Waals surface area contributed by atoms with Gasteiger partial charge in [-0.25, -0.2) is 0 Å². The second-order valence-electron chi connectivity index (χ2n) is 12.4. The summed E-state index contributed by atoms with van der Waals surface area (Å²) in [5.41, 5.74) is 6.61. The van der Waals surface area contributed by atoms with E-state index in [1.165, 1.54) is 134 Å². The third-order valence-corrected chi connectivity index (χ3v) is 9.60. The third-order valence-electron chi connectivity index (χ3n) is 9.60. The molecule has 3 atom stereocenters. The van der Waals surface area contributed by atoms with E-state index >= 15 is 0 Å². The van der Waals surface area contributed by atoms with Gasteiger partial charge in [0, 0.05) is 0 Å². The number of aryl methyl sites for hydroxylation is 1. The fourth-order valence-electron chi connectivity index (χ4n) is 7.42. The summed E-state index contributed by atoms with van der Waals surface area (Å²) in [6, 6.07) is 7.27. The van der Waals surface area contributed by atoms with Crippen LogP contribution < -0.4 is 0 Å². The van der Waals surface area contributed by atoms with E-state index in [0.29, 0.717) is 0 Å². The summed E-state index contributed by atoms with van der Waals surface area (Å²) in [6.45, 7) is 15.5. The molecule has 0 radical (unpaired) electrons. The summed E-state index contributed by atoms with van der Waals surface area (Å²) < 4.78 is 0. The van der Waals surface area contributed by atoms with Crippen LogP contribution in [0.3, 0.4) is 0 Å². The lowest BCUT2D eigenvalue weighted by atomic mass is 9.72. The molecule has 2 aliphatic rings. The van der Waals surface area contributed by atoms with E-state index < -0.39 is 0 Å². The smallest absolute Gasteiger partial charge is 0.0239 e. The number of rotatable bonds is 18. The third kappa shape index (κ3) is 10.9. The van der Waals surface area contributed by atoms with Gasteiger partial charge in [0.25, 0.3) is 0 Å². The van der Waals surface area contributed by atoms with Crippen molar-refractivity contribution in [1.82, 2.24) is 0 Å². The van der Waals surface area contributed by atoms with Crippen LogP contribution in [0.5, 0.6) is 0 Å². The van der Waals surface area contributed by atoms with Crippen molar-refractivity contribution in [2.75, 3.05) is 0 Å². The van der Waals surface area contributed by atoms with Gasteiger partial charge in [0.15, 0.2) is 0 Å². The van der Waals surface area contributed by atoms with Gasteiger partial charge in [0.05, 0.1) is 0 Å². The molecule has 0 nitrogen and oxygen atoms in total. The highest BCUT2D eigenvalue weighted by Gasteiger charge is 2.39. The minimum Gasteiger partial charge on any atom is -0.0998 e. The van der Waals surface area contributed by atoms with Crippen molar-refractivity contribution < 1.29 is 0 Å². The molecule has 0 bridgehead atoms. The Bertz CT molecular complexity index is 720. The summed E-state index contributed by atoms with van der Waals surface area (Å²) in [4.78, 5) is 0. The normalized spacial score (nSPS) is 20.3. The van der Waals surface area contributed by atoms with Gasteiger partial charge in [0.1, 0.15) is 0 Å². The highest BCUT2D eigenvalue weighted by atomic mass is 14.4. The van der Waals surface area contributed by atoms with Crippen LogP contribution in [0.4, 0.5) is 0 Å². The molecule has 3 unspecified atom stereocenters. The molecule has 0 aromatic heterocycles. The average molecular weight is 509 g/mol. The first-order valence-corrected chi connectivity index (χ1v) is 16.9. The Labute approximate surface area is 233 Å². The maximum Gasteiger partial charge on any atom is -0.0239 e. The number of hydrogen-bond acceptors (Lipinski definition) is 0. The van der Waals surface area contributed by atoms with Gasteiger partial charge < -0.3 is 0 Å². The molecule has 37 heavy (non-hydrogen) atoms. The van der Waals surface area contributed by atoms with E-state index in [0.717, 1.165) is 23.7 Å². The Hall–Kier alpha value is -1.04. The molecule has 0 amide bonds.